The van der Waals surface area contributed by atoms with E-state index in [1.54, 1.807) is 0 Å². The first-order valence-electron chi connectivity index (χ1n) is 9.40. The van der Waals surface area contributed by atoms with E-state index < -0.39 is 0 Å². The molecule has 146 valence electrons. The molecule has 1 aliphatic rings. The van der Waals surface area contributed by atoms with Gasteiger partial charge in [-0.1, -0.05) is 18.2 Å². The summed E-state index contributed by atoms with van der Waals surface area (Å²) in [6.45, 7) is 1.92. The Morgan fingerprint density at radius 2 is 2.14 bits per heavy atom. The third-order valence-corrected chi connectivity index (χ3v) is 5.81. The van der Waals surface area contributed by atoms with Gasteiger partial charge in [0.15, 0.2) is 0 Å². The van der Waals surface area contributed by atoms with Crippen LogP contribution in [0.4, 0.5) is 0 Å². The first-order valence-corrected chi connectivity index (χ1v) is 10.3. The second-order valence-corrected chi connectivity index (χ2v) is 8.38. The number of rotatable bonds is 6. The van der Waals surface area contributed by atoms with Crippen LogP contribution in [0.3, 0.4) is 0 Å². The summed E-state index contributed by atoms with van der Waals surface area (Å²) in [5, 5.41) is 7.06. The molecule has 2 aromatic heterocycles. The van der Waals surface area contributed by atoms with Crippen molar-refractivity contribution in [3.8, 4) is 0 Å². The van der Waals surface area contributed by atoms with Crippen LogP contribution in [0, 0.1) is 5.92 Å². The minimum Gasteiger partial charge on any atom is -0.379 e. The van der Waals surface area contributed by atoms with E-state index in [0.717, 1.165) is 28.9 Å². The van der Waals surface area contributed by atoms with Gasteiger partial charge in [-0.05, 0) is 38.2 Å². The molecule has 0 aliphatic carbocycles. The number of amides is 1. The topological polar surface area (TPSA) is 67.4 Å². The van der Waals surface area contributed by atoms with Gasteiger partial charge in [-0.3, -0.25) is 9.78 Å². The molecule has 1 saturated heterocycles. The highest BCUT2D eigenvalue weighted by molar-refractivity contribution is 7.09. The molecule has 3 aromatic rings. The van der Waals surface area contributed by atoms with Gasteiger partial charge in [0.25, 0.3) is 5.91 Å². The molecule has 1 N–H and O–H groups in total. The van der Waals surface area contributed by atoms with Crippen molar-refractivity contribution in [3.63, 3.8) is 0 Å². The Morgan fingerprint density at radius 1 is 1.29 bits per heavy atom. The Bertz CT molecular complexity index is 966. The number of benzene rings is 1. The molecular weight excluding hydrogens is 372 g/mol. The Labute approximate surface area is 168 Å². The normalized spacial score (nSPS) is 19.4. The van der Waals surface area contributed by atoms with Crippen LogP contribution in [0.25, 0.3) is 10.9 Å². The number of fused-ring (bicyclic) bond motifs is 1. The van der Waals surface area contributed by atoms with Gasteiger partial charge in [0.2, 0.25) is 0 Å². The number of aromatic nitrogens is 2. The second kappa shape index (κ2) is 8.34. The van der Waals surface area contributed by atoms with Crippen LogP contribution in [-0.4, -0.2) is 54.1 Å². The van der Waals surface area contributed by atoms with Gasteiger partial charge >= 0.3 is 0 Å². The highest BCUT2D eigenvalue weighted by atomic mass is 32.1. The maximum Gasteiger partial charge on any atom is 0.271 e. The first kappa shape index (κ1) is 19.0. The zero-order valence-corrected chi connectivity index (χ0v) is 16.9. The van der Waals surface area contributed by atoms with Crippen LogP contribution in [-0.2, 0) is 17.7 Å². The fourth-order valence-corrected chi connectivity index (χ4v) is 4.47. The summed E-state index contributed by atoms with van der Waals surface area (Å²) < 4.78 is 5.69. The summed E-state index contributed by atoms with van der Waals surface area (Å²) in [7, 11) is 3.98. The van der Waals surface area contributed by atoms with Gasteiger partial charge in [0.1, 0.15) is 10.7 Å². The summed E-state index contributed by atoms with van der Waals surface area (Å²) in [5.41, 5.74) is 2.72. The third kappa shape index (κ3) is 4.22. The quantitative estimate of drug-likeness (QED) is 0.694. The number of carbonyl (C=O) groups is 1. The monoisotopic (exact) mass is 396 g/mol. The lowest BCUT2D eigenvalue weighted by Crippen LogP contribution is -2.40. The molecular formula is C21H24N4O2S. The highest BCUT2D eigenvalue weighted by Crippen LogP contribution is 2.24. The average molecular weight is 397 g/mol. The van der Waals surface area contributed by atoms with E-state index in [-0.39, 0.29) is 17.9 Å². The number of thiazole rings is 1. The third-order valence-electron chi connectivity index (χ3n) is 4.97. The molecule has 0 saturated carbocycles. The van der Waals surface area contributed by atoms with Crippen molar-refractivity contribution in [2.45, 2.75) is 19.0 Å². The zero-order chi connectivity index (χ0) is 19.5. The number of para-hydroxylation sites is 1. The number of carbonyl (C=O) groups excluding carboxylic acids is 1. The molecule has 1 fully saturated rings. The highest BCUT2D eigenvalue weighted by Gasteiger charge is 2.30. The molecule has 3 heterocycles. The fraction of sp³-hybridized carbons (Fsp3) is 0.381. The largest absolute Gasteiger partial charge is 0.379 e. The number of hydrogen-bond donors (Lipinski definition) is 1. The molecule has 0 radical (unpaired) electrons. The summed E-state index contributed by atoms with van der Waals surface area (Å²) in [6.07, 6.45) is 2.69. The molecule has 1 aromatic carbocycles. The van der Waals surface area contributed by atoms with Gasteiger partial charge in [0, 0.05) is 29.4 Å². The van der Waals surface area contributed by atoms with Gasteiger partial charge < -0.3 is 15.0 Å². The van der Waals surface area contributed by atoms with E-state index >= 15 is 0 Å². The number of pyridine rings is 1. The van der Waals surface area contributed by atoms with Gasteiger partial charge in [-0.2, -0.15) is 0 Å². The lowest BCUT2D eigenvalue weighted by Gasteiger charge is -2.19. The molecule has 0 bridgehead atoms. The minimum atomic E-state index is -0.124. The predicted octanol–water partition coefficient (Wildman–Crippen LogP) is 2.74. The van der Waals surface area contributed by atoms with Crippen molar-refractivity contribution in [2.24, 2.45) is 5.92 Å². The Hall–Kier alpha value is -2.35. The maximum absolute atomic E-state index is 12.7. The minimum absolute atomic E-state index is 0.0153. The average Bonchev–Trinajstić information content (AvgIpc) is 3.31. The van der Waals surface area contributed by atoms with Crippen LogP contribution in [0.5, 0.6) is 0 Å². The summed E-state index contributed by atoms with van der Waals surface area (Å²) in [5.74, 6) is 0.107. The number of nitrogens with one attached hydrogen (secondary N) is 1. The van der Waals surface area contributed by atoms with E-state index in [1.165, 1.54) is 16.9 Å². The van der Waals surface area contributed by atoms with Crippen LogP contribution in [0.1, 0.15) is 21.1 Å². The van der Waals surface area contributed by atoms with Crippen molar-refractivity contribution >= 4 is 28.1 Å². The standard InChI is InChI=1S/C21H24N4O2S/c1-25(2)10-20-23-19(13-28-20)21(26)24-18-12-27-11-15(18)9-14-7-8-22-17-6-4-3-5-16(14)17/h3-8,13,15,18H,9-12H2,1-2H3,(H,24,26)/t15-,18+/m1/s1. The molecule has 4 rings (SSSR count). The number of ether oxygens (including phenoxy) is 1. The van der Waals surface area contributed by atoms with E-state index in [4.69, 9.17) is 4.74 Å². The van der Waals surface area contributed by atoms with Crippen LogP contribution in [0.2, 0.25) is 0 Å². The molecule has 1 amide bonds. The van der Waals surface area contributed by atoms with Crippen molar-refractivity contribution in [2.75, 3.05) is 27.3 Å². The van der Waals surface area contributed by atoms with E-state index in [2.05, 4.69) is 27.4 Å². The predicted molar refractivity (Wildman–Crippen MR) is 111 cm³/mol. The van der Waals surface area contributed by atoms with Crippen LogP contribution in [0.15, 0.2) is 41.9 Å². The second-order valence-electron chi connectivity index (χ2n) is 7.43. The Balaban J connectivity index is 1.45. The van der Waals surface area contributed by atoms with Crippen LogP contribution < -0.4 is 5.32 Å². The molecule has 7 heteroatoms. The van der Waals surface area contributed by atoms with E-state index in [1.807, 2.05) is 48.8 Å². The SMILES string of the molecule is CN(C)Cc1nc(C(=O)N[C@H]2COC[C@H]2Cc2ccnc3ccccc23)cs1. The summed E-state index contributed by atoms with van der Waals surface area (Å²) in [6, 6.07) is 10.2. The lowest BCUT2D eigenvalue weighted by molar-refractivity contribution is 0.0920. The number of nitrogens with zero attached hydrogens (tertiary/aromatic N) is 3. The first-order chi connectivity index (χ1) is 13.6. The molecule has 0 spiro atoms. The Morgan fingerprint density at radius 3 is 3.00 bits per heavy atom. The summed E-state index contributed by atoms with van der Waals surface area (Å²) in [4.78, 5) is 23.6. The maximum atomic E-state index is 12.7. The van der Waals surface area contributed by atoms with Crippen molar-refractivity contribution in [3.05, 3.63) is 58.2 Å². The van der Waals surface area contributed by atoms with Crippen molar-refractivity contribution in [1.29, 1.82) is 0 Å². The Kier molecular flexibility index (Phi) is 5.66. The fourth-order valence-electron chi connectivity index (χ4n) is 3.58. The summed E-state index contributed by atoms with van der Waals surface area (Å²) >= 11 is 1.52. The van der Waals surface area contributed by atoms with Crippen molar-refractivity contribution in [1.82, 2.24) is 20.2 Å². The zero-order valence-electron chi connectivity index (χ0n) is 16.1. The molecule has 28 heavy (non-hydrogen) atoms. The van der Waals surface area contributed by atoms with Crippen molar-refractivity contribution < 1.29 is 9.53 Å². The van der Waals surface area contributed by atoms with E-state index in [9.17, 15) is 4.79 Å². The lowest BCUT2D eigenvalue weighted by atomic mass is 9.93. The number of hydrogen-bond acceptors (Lipinski definition) is 6. The molecule has 2 atom stereocenters. The molecule has 1 aliphatic heterocycles. The molecule has 0 unspecified atom stereocenters. The van der Waals surface area contributed by atoms with Gasteiger partial charge in [-0.25, -0.2) is 4.98 Å². The van der Waals surface area contributed by atoms with Gasteiger partial charge in [0.05, 0.1) is 24.8 Å². The molecule has 6 nitrogen and oxygen atoms in total. The van der Waals surface area contributed by atoms with Gasteiger partial charge in [-0.15, -0.1) is 11.3 Å². The van der Waals surface area contributed by atoms with Crippen LogP contribution >= 0.6 is 11.3 Å². The smallest absolute Gasteiger partial charge is 0.271 e. The van der Waals surface area contributed by atoms with E-state index in [0.29, 0.717) is 18.9 Å².